The second-order valence-electron chi connectivity index (χ2n) is 7.80. The number of aliphatic hydroxyl groups is 1. The van der Waals surface area contributed by atoms with E-state index in [1.807, 2.05) is 27.1 Å². The number of likely N-dealkylation sites (N-methyl/N-ethyl adjacent to an activating group) is 1. The number of aliphatic hydroxyl groups excluding tert-OH is 1. The average Bonchev–Trinajstić information content (AvgIpc) is 3.03. The van der Waals surface area contributed by atoms with E-state index in [1.165, 1.54) is 11.0 Å². The summed E-state index contributed by atoms with van der Waals surface area (Å²) < 4.78 is 10.8. The van der Waals surface area contributed by atoms with Crippen molar-refractivity contribution in [2.75, 3.05) is 40.9 Å². The van der Waals surface area contributed by atoms with E-state index >= 15 is 0 Å². The van der Waals surface area contributed by atoms with Gasteiger partial charge < -0.3 is 24.4 Å². The van der Waals surface area contributed by atoms with Gasteiger partial charge in [0.1, 0.15) is 17.3 Å². The quantitative estimate of drug-likeness (QED) is 0.360. The van der Waals surface area contributed by atoms with E-state index in [2.05, 4.69) is 0 Å². The number of Topliss-reactive ketones (excluding diaryl/α,β-unsaturated/α-hetero) is 1. The smallest absolute Gasteiger partial charge is 0.295 e. The molecule has 170 valence electrons. The molecule has 0 spiro atoms. The number of nitrogens with zero attached hydrogens (tertiary/aromatic N) is 1. The number of nitrogens with one attached hydrogen (secondary N) is 1. The van der Waals surface area contributed by atoms with Crippen LogP contribution in [0.4, 0.5) is 0 Å². The fourth-order valence-electron chi connectivity index (χ4n) is 3.69. The van der Waals surface area contributed by atoms with Crippen LogP contribution in [0.3, 0.4) is 0 Å². The summed E-state index contributed by atoms with van der Waals surface area (Å²) in [6.45, 7) is 3.28. The predicted molar refractivity (Wildman–Crippen MR) is 122 cm³/mol. The van der Waals surface area contributed by atoms with E-state index < -0.39 is 17.7 Å². The van der Waals surface area contributed by atoms with E-state index in [0.29, 0.717) is 47.3 Å². The number of halogens is 1. The summed E-state index contributed by atoms with van der Waals surface area (Å²) in [5.74, 6) is -0.576. The Balaban J connectivity index is 2.14. The Bertz CT molecular complexity index is 1050. The number of quaternary nitrogens is 1. The van der Waals surface area contributed by atoms with Crippen LogP contribution >= 0.6 is 11.6 Å². The topological polar surface area (TPSA) is 80.5 Å². The van der Waals surface area contributed by atoms with Gasteiger partial charge in [-0.3, -0.25) is 9.59 Å². The molecule has 2 aromatic carbocycles. The highest BCUT2D eigenvalue weighted by Gasteiger charge is 2.46. The molecule has 1 atom stereocenters. The maximum Gasteiger partial charge on any atom is 0.295 e. The van der Waals surface area contributed by atoms with Gasteiger partial charge in [-0.1, -0.05) is 23.7 Å². The third-order valence-corrected chi connectivity index (χ3v) is 5.60. The Morgan fingerprint density at radius 2 is 1.94 bits per heavy atom. The van der Waals surface area contributed by atoms with Gasteiger partial charge in [0, 0.05) is 5.56 Å². The fourth-order valence-corrected chi connectivity index (χ4v) is 3.92. The number of rotatable bonds is 8. The lowest BCUT2D eigenvalue weighted by Gasteiger charge is -2.26. The van der Waals surface area contributed by atoms with Gasteiger partial charge in [0.15, 0.2) is 0 Å². The normalized spacial score (nSPS) is 17.8. The van der Waals surface area contributed by atoms with Gasteiger partial charge in [0.2, 0.25) is 0 Å². The zero-order valence-corrected chi connectivity index (χ0v) is 19.4. The molecule has 1 saturated heterocycles. The third kappa shape index (κ3) is 4.74. The molecule has 2 N–H and O–H groups in total. The van der Waals surface area contributed by atoms with Crippen molar-refractivity contribution in [3.8, 4) is 11.5 Å². The van der Waals surface area contributed by atoms with Gasteiger partial charge in [-0.15, -0.1) is 0 Å². The molecule has 1 aliphatic rings. The van der Waals surface area contributed by atoms with Crippen molar-refractivity contribution in [2.24, 2.45) is 0 Å². The Morgan fingerprint density at radius 3 is 2.56 bits per heavy atom. The molecule has 0 radical (unpaired) electrons. The zero-order chi connectivity index (χ0) is 23.4. The SMILES string of the molecule is CCOc1ccc(C(O)=C2C(=O)C(=O)N(CC[NH+](C)C)[C@@H]2c2cccc(OC)c2)cc1Cl. The average molecular weight is 460 g/mol. The van der Waals surface area contributed by atoms with Gasteiger partial charge in [-0.05, 0) is 42.8 Å². The minimum atomic E-state index is -0.741. The van der Waals surface area contributed by atoms with Crippen molar-refractivity contribution in [1.29, 1.82) is 0 Å². The number of benzene rings is 2. The number of carbonyl (C=O) groups excluding carboxylic acids is 2. The number of methoxy groups -OCH3 is 1. The second kappa shape index (κ2) is 10.1. The summed E-state index contributed by atoms with van der Waals surface area (Å²) in [7, 11) is 5.49. The summed E-state index contributed by atoms with van der Waals surface area (Å²) >= 11 is 6.29. The molecular weight excluding hydrogens is 432 g/mol. The first kappa shape index (κ1) is 23.6. The highest BCUT2D eigenvalue weighted by Crippen LogP contribution is 2.40. The number of likely N-dealkylation sites (tertiary alicyclic amines) is 1. The number of ether oxygens (including phenoxy) is 2. The largest absolute Gasteiger partial charge is 0.507 e. The van der Waals surface area contributed by atoms with Gasteiger partial charge >= 0.3 is 0 Å². The standard InChI is InChI=1S/C24H27ClN2O5/c1-5-32-19-10-9-16(14-18(19)25)22(28)20-21(15-7-6-8-17(13-15)31-4)27(12-11-26(2)3)24(30)23(20)29/h6-10,13-14,21,28H,5,11-12H2,1-4H3/p+1/t21-/m1/s1. The highest BCUT2D eigenvalue weighted by molar-refractivity contribution is 6.46. The molecule has 0 bridgehead atoms. The number of amides is 1. The summed E-state index contributed by atoms with van der Waals surface area (Å²) in [5.41, 5.74) is 1.04. The van der Waals surface area contributed by atoms with Crippen LogP contribution in [0.1, 0.15) is 24.1 Å². The van der Waals surface area contributed by atoms with Gasteiger partial charge in [0.05, 0.1) is 57.5 Å². The fraction of sp³-hybridized carbons (Fsp3) is 0.333. The van der Waals surface area contributed by atoms with Crippen LogP contribution in [-0.4, -0.2) is 62.6 Å². The molecule has 1 heterocycles. The van der Waals surface area contributed by atoms with E-state index in [4.69, 9.17) is 21.1 Å². The lowest BCUT2D eigenvalue weighted by atomic mass is 9.95. The van der Waals surface area contributed by atoms with Crippen LogP contribution in [0.2, 0.25) is 5.02 Å². The molecule has 3 rings (SSSR count). The van der Waals surface area contributed by atoms with E-state index in [1.54, 1.807) is 37.4 Å². The lowest BCUT2D eigenvalue weighted by molar-refractivity contribution is -0.857. The maximum atomic E-state index is 13.1. The first-order chi connectivity index (χ1) is 15.3. The number of hydrogen-bond donors (Lipinski definition) is 2. The highest BCUT2D eigenvalue weighted by atomic mass is 35.5. The molecular formula is C24H28ClN2O5+. The van der Waals surface area contributed by atoms with Crippen LogP contribution in [0.5, 0.6) is 11.5 Å². The molecule has 1 aliphatic heterocycles. The van der Waals surface area contributed by atoms with E-state index in [9.17, 15) is 14.7 Å². The minimum absolute atomic E-state index is 0.0252. The maximum absolute atomic E-state index is 13.1. The van der Waals surface area contributed by atoms with E-state index in [-0.39, 0.29) is 11.3 Å². The number of carbonyl (C=O) groups is 2. The molecule has 1 fully saturated rings. The predicted octanol–water partition coefficient (Wildman–Crippen LogP) is 2.31. The molecule has 32 heavy (non-hydrogen) atoms. The first-order valence-corrected chi connectivity index (χ1v) is 10.8. The molecule has 0 unspecified atom stereocenters. The monoisotopic (exact) mass is 459 g/mol. The Labute approximate surface area is 192 Å². The Kier molecular flexibility index (Phi) is 7.43. The molecule has 1 amide bonds. The molecule has 0 aromatic heterocycles. The van der Waals surface area contributed by atoms with Crippen molar-refractivity contribution in [1.82, 2.24) is 4.90 Å². The van der Waals surface area contributed by atoms with Crippen molar-refractivity contribution >= 4 is 29.1 Å². The Hall–Kier alpha value is -3.03. The Morgan fingerprint density at radius 1 is 1.19 bits per heavy atom. The zero-order valence-electron chi connectivity index (χ0n) is 18.6. The van der Waals surface area contributed by atoms with Crippen LogP contribution in [0.15, 0.2) is 48.0 Å². The summed E-state index contributed by atoms with van der Waals surface area (Å²) in [6.07, 6.45) is 0. The molecule has 8 heteroatoms. The van der Waals surface area contributed by atoms with Gasteiger partial charge in [-0.25, -0.2) is 0 Å². The molecule has 0 saturated carbocycles. The second-order valence-corrected chi connectivity index (χ2v) is 8.21. The molecule has 2 aromatic rings. The van der Waals surface area contributed by atoms with Gasteiger partial charge in [0.25, 0.3) is 11.7 Å². The third-order valence-electron chi connectivity index (χ3n) is 5.31. The first-order valence-electron chi connectivity index (χ1n) is 10.4. The van der Waals surface area contributed by atoms with Crippen LogP contribution < -0.4 is 14.4 Å². The summed E-state index contributed by atoms with van der Waals surface area (Å²) in [4.78, 5) is 28.7. The number of hydrogen-bond acceptors (Lipinski definition) is 5. The summed E-state index contributed by atoms with van der Waals surface area (Å²) in [5, 5.41) is 11.5. The van der Waals surface area contributed by atoms with Gasteiger partial charge in [-0.2, -0.15) is 0 Å². The van der Waals surface area contributed by atoms with Crippen molar-refractivity contribution in [2.45, 2.75) is 13.0 Å². The van der Waals surface area contributed by atoms with E-state index in [0.717, 1.165) is 4.90 Å². The molecule has 7 nitrogen and oxygen atoms in total. The van der Waals surface area contributed by atoms with Crippen LogP contribution in [-0.2, 0) is 9.59 Å². The van der Waals surface area contributed by atoms with Crippen LogP contribution in [0, 0.1) is 0 Å². The minimum Gasteiger partial charge on any atom is -0.507 e. The van der Waals surface area contributed by atoms with Crippen molar-refractivity contribution in [3.63, 3.8) is 0 Å². The van der Waals surface area contributed by atoms with Crippen molar-refractivity contribution in [3.05, 3.63) is 64.2 Å². The van der Waals surface area contributed by atoms with Crippen molar-refractivity contribution < 1.29 is 29.1 Å². The van der Waals surface area contributed by atoms with Crippen LogP contribution in [0.25, 0.3) is 5.76 Å². The number of ketones is 1. The lowest BCUT2D eigenvalue weighted by Crippen LogP contribution is -3.06. The molecule has 0 aliphatic carbocycles. The summed E-state index contributed by atoms with van der Waals surface area (Å²) in [6, 6.07) is 11.2.